The van der Waals surface area contributed by atoms with E-state index in [1.165, 1.54) is 52.6 Å². The van der Waals surface area contributed by atoms with Crippen LogP contribution in [0.25, 0.3) is 16.5 Å². The fraction of sp³-hybridized carbons (Fsp3) is 0.292. The minimum atomic E-state index is 0. The van der Waals surface area contributed by atoms with Gasteiger partial charge in [-0.15, -0.1) is 47.5 Å². The monoisotopic (exact) mass is 447 g/mol. The number of hydrogen-bond donors (Lipinski definition) is 0. The van der Waals surface area contributed by atoms with Crippen LogP contribution in [0.15, 0.2) is 66.4 Å². The van der Waals surface area contributed by atoms with E-state index in [2.05, 4.69) is 92.2 Å². The minimum absolute atomic E-state index is 0. The van der Waals surface area contributed by atoms with Gasteiger partial charge in [-0.2, -0.15) is 6.08 Å². The summed E-state index contributed by atoms with van der Waals surface area (Å²) in [4.78, 5) is 0. The molecule has 0 saturated heterocycles. The van der Waals surface area contributed by atoms with E-state index in [9.17, 15) is 0 Å². The number of allylic oxidation sites excluding steroid dienone is 4. The van der Waals surface area contributed by atoms with E-state index in [0.717, 1.165) is 6.42 Å². The summed E-state index contributed by atoms with van der Waals surface area (Å²) in [5, 5.41) is 2.62. The molecule has 1 nitrogen and oxygen atoms in total. The van der Waals surface area contributed by atoms with E-state index >= 15 is 0 Å². The number of rotatable bonds is 4. The summed E-state index contributed by atoms with van der Waals surface area (Å²) in [7, 11) is 0. The Hall–Kier alpha value is -1.12. The van der Waals surface area contributed by atoms with Crippen LogP contribution in [0.1, 0.15) is 43.9 Å². The Morgan fingerprint density at radius 3 is 2.43 bits per heavy atom. The molecule has 28 heavy (non-hydrogen) atoms. The van der Waals surface area contributed by atoms with Crippen LogP contribution in [0.4, 0.5) is 0 Å². The van der Waals surface area contributed by atoms with Gasteiger partial charge in [0, 0.05) is 11.9 Å². The average Bonchev–Trinajstić information content (AvgIpc) is 3.32. The first-order chi connectivity index (χ1) is 12.2. The number of aromatic nitrogens is 1. The number of nitrogens with zero attached hydrogens (tertiary/aromatic N) is 1. The summed E-state index contributed by atoms with van der Waals surface area (Å²) in [6.45, 7) is 6.50. The molecule has 0 fully saturated rings. The molecular weight excluding hydrogens is 421 g/mol. The predicted molar refractivity (Wildman–Crippen MR) is 108 cm³/mol. The van der Waals surface area contributed by atoms with E-state index in [4.69, 9.17) is 0 Å². The van der Waals surface area contributed by atoms with Crippen molar-refractivity contribution < 1.29 is 46.5 Å². The van der Waals surface area contributed by atoms with Gasteiger partial charge in [0.1, 0.15) is 0 Å². The van der Waals surface area contributed by atoms with Crippen molar-refractivity contribution in [3.05, 3.63) is 83.7 Å². The van der Waals surface area contributed by atoms with Gasteiger partial charge in [0.25, 0.3) is 0 Å². The van der Waals surface area contributed by atoms with Gasteiger partial charge in [0.05, 0.1) is 0 Å². The number of aryl methyl sites for hydroxylation is 2. The zero-order valence-corrected chi connectivity index (χ0v) is 19.9. The first-order valence-electron chi connectivity index (χ1n) is 9.25. The first kappa shape index (κ1) is 26.9. The molecule has 4 rings (SSSR count). The molecule has 0 N–H and O–H groups in total. The molecule has 0 saturated carbocycles. The molecule has 1 aromatic heterocycles. The number of halogens is 2. The molecule has 4 heteroatoms. The van der Waals surface area contributed by atoms with Crippen molar-refractivity contribution >= 4 is 10.8 Å². The van der Waals surface area contributed by atoms with Crippen LogP contribution in [0.2, 0.25) is 0 Å². The molecule has 0 radical (unpaired) electrons. The van der Waals surface area contributed by atoms with Gasteiger partial charge in [-0.3, -0.25) is 6.08 Å². The second-order valence-corrected chi connectivity index (χ2v) is 6.78. The Morgan fingerprint density at radius 2 is 1.86 bits per heavy atom. The topological polar surface area (TPSA) is 4.93 Å². The summed E-state index contributed by atoms with van der Waals surface area (Å²) in [5.74, 6) is 0. The van der Waals surface area contributed by atoms with Crippen molar-refractivity contribution in [3.63, 3.8) is 0 Å². The standard InChI is InChI=1S/C15H14N.C9H13.2ClH.Ti/c1-11-7-12(2)16(10-11)15-8-13-5-3-4-6-14(13)9-15;1-2-3-6-9-7-4-5-8-9;;;/h3-10H,1-2H3;4,7H,2-3,5-6H2,1H3;2*1H;/q2*-1;;;+4/p-2. The second kappa shape index (κ2) is 13.2. The van der Waals surface area contributed by atoms with Crippen molar-refractivity contribution in [3.8, 4) is 5.69 Å². The molecule has 1 aliphatic carbocycles. The predicted octanol–water partition coefficient (Wildman–Crippen LogP) is 0.838. The fourth-order valence-electron chi connectivity index (χ4n) is 3.28. The van der Waals surface area contributed by atoms with E-state index in [1.54, 1.807) is 0 Å². The van der Waals surface area contributed by atoms with E-state index < -0.39 is 0 Å². The van der Waals surface area contributed by atoms with Crippen molar-refractivity contribution in [1.29, 1.82) is 0 Å². The van der Waals surface area contributed by atoms with Gasteiger partial charge in [-0.1, -0.05) is 32.3 Å². The van der Waals surface area contributed by atoms with Crippen molar-refractivity contribution in [2.45, 2.75) is 46.5 Å². The van der Waals surface area contributed by atoms with Crippen LogP contribution in [0.3, 0.4) is 0 Å². The summed E-state index contributed by atoms with van der Waals surface area (Å²) in [6.07, 6.45) is 14.7. The summed E-state index contributed by atoms with van der Waals surface area (Å²) >= 11 is 0. The third-order valence-corrected chi connectivity index (χ3v) is 4.60. The van der Waals surface area contributed by atoms with Gasteiger partial charge < -0.3 is 29.4 Å². The smallest absolute Gasteiger partial charge is 1.00 e. The third kappa shape index (κ3) is 7.05. The summed E-state index contributed by atoms with van der Waals surface area (Å²) in [6, 6.07) is 15.2. The van der Waals surface area contributed by atoms with E-state index in [0.29, 0.717) is 0 Å². The average molecular weight is 448 g/mol. The number of fused-ring (bicyclic) bond motifs is 1. The molecule has 2 aromatic carbocycles. The normalized spacial score (nSPS) is 11.6. The van der Waals surface area contributed by atoms with Crippen LogP contribution in [-0.2, 0) is 21.7 Å². The summed E-state index contributed by atoms with van der Waals surface area (Å²) < 4.78 is 2.25. The molecule has 146 valence electrons. The van der Waals surface area contributed by atoms with Crippen LogP contribution < -0.4 is 24.8 Å². The Bertz CT molecular complexity index is 869. The van der Waals surface area contributed by atoms with Crippen molar-refractivity contribution in [2.24, 2.45) is 0 Å². The van der Waals surface area contributed by atoms with Crippen molar-refractivity contribution in [1.82, 2.24) is 4.57 Å². The van der Waals surface area contributed by atoms with Gasteiger partial charge in [0.2, 0.25) is 0 Å². The Morgan fingerprint density at radius 1 is 1.11 bits per heavy atom. The van der Waals surface area contributed by atoms with Crippen LogP contribution in [-0.4, -0.2) is 4.57 Å². The van der Waals surface area contributed by atoms with E-state index in [1.807, 2.05) is 0 Å². The molecule has 0 spiro atoms. The number of hydrogen-bond acceptors (Lipinski definition) is 0. The maximum absolute atomic E-state index is 3.30. The Balaban J connectivity index is 0.000000533. The Labute approximate surface area is 197 Å². The van der Waals surface area contributed by atoms with Gasteiger partial charge in [0.15, 0.2) is 0 Å². The number of benzene rings is 1. The number of unbranched alkanes of at least 4 members (excludes halogenated alkanes) is 1. The second-order valence-electron chi connectivity index (χ2n) is 6.78. The van der Waals surface area contributed by atoms with Crippen LogP contribution >= 0.6 is 0 Å². The van der Waals surface area contributed by atoms with Crippen LogP contribution in [0.5, 0.6) is 0 Å². The zero-order valence-electron chi connectivity index (χ0n) is 16.8. The molecule has 1 heterocycles. The van der Waals surface area contributed by atoms with E-state index in [-0.39, 0.29) is 46.5 Å². The molecule has 0 bridgehead atoms. The molecule has 0 atom stereocenters. The minimum Gasteiger partial charge on any atom is -1.00 e. The van der Waals surface area contributed by atoms with Gasteiger partial charge in [-0.05, 0) is 31.2 Å². The molecule has 1 aliphatic rings. The quantitative estimate of drug-likeness (QED) is 0.412. The third-order valence-electron chi connectivity index (χ3n) is 4.60. The Kier molecular flexibility index (Phi) is 12.6. The zero-order chi connectivity index (χ0) is 17.6. The SMILES string of the molecule is CCCCC1=[C-]CC=C1.Cc1cc(C)n(-c2cc3ccccc3[cH-]2)c1.[Cl-].[Cl-].[Ti+4]. The van der Waals surface area contributed by atoms with Gasteiger partial charge >= 0.3 is 21.7 Å². The molecule has 0 unspecified atom stereocenters. The van der Waals surface area contributed by atoms with Gasteiger partial charge in [-0.25, -0.2) is 11.6 Å². The molecule has 0 aliphatic heterocycles. The fourth-order valence-corrected chi connectivity index (χ4v) is 3.28. The first-order valence-corrected chi connectivity index (χ1v) is 9.25. The largest absolute Gasteiger partial charge is 4.00 e. The summed E-state index contributed by atoms with van der Waals surface area (Å²) in [5.41, 5.74) is 5.26. The molecular formula is C24H27Cl2NTi. The van der Waals surface area contributed by atoms with Crippen LogP contribution in [0, 0.1) is 19.9 Å². The molecule has 3 aromatic rings. The maximum atomic E-state index is 3.30. The molecule has 0 amide bonds. The van der Waals surface area contributed by atoms with Crippen molar-refractivity contribution in [2.75, 3.05) is 0 Å². The maximum Gasteiger partial charge on any atom is 4.00 e.